The molecule has 3 aromatic rings. The van der Waals surface area contributed by atoms with Gasteiger partial charge in [0.2, 0.25) is 0 Å². The zero-order valence-corrected chi connectivity index (χ0v) is 23.8. The maximum atomic E-state index is 3.95. The van der Waals surface area contributed by atoms with Crippen LogP contribution in [0.1, 0.15) is 90.8 Å². The summed E-state index contributed by atoms with van der Waals surface area (Å²) in [7, 11) is 0. The zero-order chi connectivity index (χ0) is 26.9. The van der Waals surface area contributed by atoms with E-state index in [1.54, 1.807) is 0 Å². The fraction of sp³-hybridized carbons (Fsp3) is 0.314. The second-order valence-electron chi connectivity index (χ2n) is 6.59. The van der Waals surface area contributed by atoms with E-state index in [9.17, 15) is 0 Å². The van der Waals surface area contributed by atoms with E-state index in [-0.39, 0.29) is 11.8 Å². The van der Waals surface area contributed by atoms with Crippen molar-refractivity contribution in [2.75, 3.05) is 0 Å². The molecule has 0 heteroatoms. The van der Waals surface area contributed by atoms with E-state index < -0.39 is 0 Å². The molecule has 0 nitrogen and oxygen atoms in total. The molecule has 0 heterocycles. The summed E-state index contributed by atoms with van der Waals surface area (Å²) in [4.78, 5) is 0. The summed E-state index contributed by atoms with van der Waals surface area (Å²) in [5.41, 5.74) is 5.20. The lowest BCUT2D eigenvalue weighted by atomic mass is 9.73. The molecule has 3 aromatic carbocycles. The molecule has 0 saturated carbocycles. The maximum Gasteiger partial charge on any atom is 0.0199 e. The van der Waals surface area contributed by atoms with Gasteiger partial charge < -0.3 is 0 Å². The molecule has 0 fully saturated rings. The van der Waals surface area contributed by atoms with Crippen molar-refractivity contribution in [3.8, 4) is 0 Å². The fourth-order valence-electron chi connectivity index (χ4n) is 3.73. The molecule has 0 N–H and O–H groups in total. The minimum Gasteiger partial charge on any atom is -0.0991 e. The van der Waals surface area contributed by atoms with Gasteiger partial charge in [0.05, 0.1) is 0 Å². The lowest BCUT2D eigenvalue weighted by molar-refractivity contribution is 0.693. The second-order valence-corrected chi connectivity index (χ2v) is 6.59. The molecule has 0 spiro atoms. The Bertz CT molecular complexity index is 847. The van der Waals surface area contributed by atoms with Crippen molar-refractivity contribution in [3.63, 3.8) is 0 Å². The maximum absolute atomic E-state index is 3.95. The van der Waals surface area contributed by atoms with Gasteiger partial charge in [-0.05, 0) is 29.2 Å². The predicted octanol–water partition coefficient (Wildman–Crippen LogP) is 11.4. The van der Waals surface area contributed by atoms with Crippen LogP contribution >= 0.6 is 0 Å². The predicted molar refractivity (Wildman–Crippen MR) is 162 cm³/mol. The van der Waals surface area contributed by atoms with Crippen LogP contribution in [0.25, 0.3) is 0 Å². The summed E-state index contributed by atoms with van der Waals surface area (Å²) < 4.78 is 0. The summed E-state index contributed by atoms with van der Waals surface area (Å²) >= 11 is 0. The average molecular weight is 471 g/mol. The number of rotatable bonds is 7. The van der Waals surface area contributed by atoms with Crippen LogP contribution in [0.5, 0.6) is 0 Å². The van der Waals surface area contributed by atoms with Gasteiger partial charge in [-0.2, -0.15) is 0 Å². The molecule has 1 unspecified atom stereocenters. The van der Waals surface area contributed by atoms with Crippen molar-refractivity contribution >= 4 is 0 Å². The Labute approximate surface area is 218 Å². The van der Waals surface area contributed by atoms with Gasteiger partial charge in [-0.3, -0.25) is 0 Å². The highest BCUT2D eigenvalue weighted by atomic mass is 14.3. The Hall–Kier alpha value is -3.12. The molecular formula is C35H50. The largest absolute Gasteiger partial charge is 0.0991 e. The van der Waals surface area contributed by atoms with Gasteiger partial charge in [0.25, 0.3) is 0 Å². The third kappa shape index (κ3) is 11.7. The van der Waals surface area contributed by atoms with Crippen molar-refractivity contribution < 1.29 is 0 Å². The third-order valence-corrected chi connectivity index (χ3v) is 4.84. The average Bonchev–Trinajstić information content (AvgIpc) is 2.97. The summed E-state index contributed by atoms with van der Waals surface area (Å²) in [6.45, 7) is 22.0. The summed E-state index contributed by atoms with van der Waals surface area (Å²) in [5.74, 6) is 0.419. The van der Waals surface area contributed by atoms with Crippen LogP contribution in [-0.4, -0.2) is 0 Å². The number of hydrogen-bond acceptors (Lipinski definition) is 0. The molecule has 0 aliphatic heterocycles. The quantitative estimate of drug-likeness (QED) is 0.301. The minimum atomic E-state index is 0.199. The standard InChI is InChI=1S/C27H26.4C2H6/c1-3-14-22(15-4-2)26(23-16-8-5-9-17-23)27(24-18-10-6-11-19-24)25-20-12-7-13-21-25;4*1-2/h3-21,26-27H,1H2,2H3;4*1-2H3/b15-4-,22-14+;;;;. The Kier molecular flexibility index (Phi) is 23.4. The van der Waals surface area contributed by atoms with Gasteiger partial charge in [-0.1, -0.05) is 177 Å². The van der Waals surface area contributed by atoms with Crippen molar-refractivity contribution in [3.05, 3.63) is 144 Å². The van der Waals surface area contributed by atoms with Gasteiger partial charge in [0, 0.05) is 11.8 Å². The first-order valence-electron chi connectivity index (χ1n) is 13.4. The highest BCUT2D eigenvalue weighted by Gasteiger charge is 2.28. The summed E-state index contributed by atoms with van der Waals surface area (Å²) in [6.07, 6.45) is 8.34. The van der Waals surface area contributed by atoms with Gasteiger partial charge >= 0.3 is 0 Å². The SMILES string of the molecule is C=C/C=C(\C=C/C)C(c1ccccc1)C(c1ccccc1)c1ccccc1.CC.CC.CC.CC. The molecule has 3 rings (SSSR count). The van der Waals surface area contributed by atoms with E-state index in [1.165, 1.54) is 22.3 Å². The summed E-state index contributed by atoms with van der Waals surface area (Å²) in [6, 6.07) is 32.4. The van der Waals surface area contributed by atoms with Crippen molar-refractivity contribution in [2.45, 2.75) is 74.1 Å². The molecule has 0 amide bonds. The van der Waals surface area contributed by atoms with Crippen LogP contribution < -0.4 is 0 Å². The van der Waals surface area contributed by atoms with Crippen molar-refractivity contribution in [1.82, 2.24) is 0 Å². The first-order valence-corrected chi connectivity index (χ1v) is 13.4. The first-order chi connectivity index (χ1) is 17.3. The molecule has 0 radical (unpaired) electrons. The molecule has 0 aromatic heterocycles. The molecule has 0 saturated heterocycles. The molecule has 35 heavy (non-hydrogen) atoms. The van der Waals surface area contributed by atoms with Crippen LogP contribution in [0.3, 0.4) is 0 Å². The Morgan fingerprint density at radius 2 is 0.914 bits per heavy atom. The molecule has 190 valence electrons. The van der Waals surface area contributed by atoms with E-state index >= 15 is 0 Å². The minimum absolute atomic E-state index is 0.199. The highest BCUT2D eigenvalue weighted by Crippen LogP contribution is 2.43. The third-order valence-electron chi connectivity index (χ3n) is 4.84. The number of benzene rings is 3. The van der Waals surface area contributed by atoms with E-state index in [0.29, 0.717) is 0 Å². The Morgan fingerprint density at radius 3 is 1.23 bits per heavy atom. The van der Waals surface area contributed by atoms with Gasteiger partial charge in [0.1, 0.15) is 0 Å². The van der Waals surface area contributed by atoms with Crippen LogP contribution in [0.15, 0.2) is 127 Å². The molecule has 0 bridgehead atoms. The fourth-order valence-corrected chi connectivity index (χ4v) is 3.73. The summed E-state index contributed by atoms with van der Waals surface area (Å²) in [5, 5.41) is 0. The van der Waals surface area contributed by atoms with Gasteiger partial charge in [0.15, 0.2) is 0 Å². The van der Waals surface area contributed by atoms with E-state index in [4.69, 9.17) is 0 Å². The number of allylic oxidation sites excluding steroid dienone is 5. The van der Waals surface area contributed by atoms with Crippen LogP contribution in [0.2, 0.25) is 0 Å². The Morgan fingerprint density at radius 1 is 0.571 bits per heavy atom. The van der Waals surface area contributed by atoms with Crippen LogP contribution in [0.4, 0.5) is 0 Å². The second kappa shape index (κ2) is 24.0. The van der Waals surface area contributed by atoms with Crippen LogP contribution in [-0.2, 0) is 0 Å². The molecule has 1 atom stereocenters. The van der Waals surface area contributed by atoms with Crippen molar-refractivity contribution in [1.29, 1.82) is 0 Å². The normalized spacial score (nSPS) is 10.7. The van der Waals surface area contributed by atoms with E-state index in [0.717, 1.165) is 0 Å². The van der Waals surface area contributed by atoms with Gasteiger partial charge in [-0.25, -0.2) is 0 Å². The first kappa shape index (κ1) is 34.0. The van der Waals surface area contributed by atoms with E-state index in [1.807, 2.05) is 61.5 Å². The molecule has 0 aliphatic carbocycles. The van der Waals surface area contributed by atoms with Gasteiger partial charge in [-0.15, -0.1) is 0 Å². The highest BCUT2D eigenvalue weighted by molar-refractivity contribution is 5.46. The van der Waals surface area contributed by atoms with Crippen molar-refractivity contribution in [2.24, 2.45) is 0 Å². The molecular weight excluding hydrogens is 420 g/mol. The monoisotopic (exact) mass is 470 g/mol. The molecule has 0 aliphatic rings. The van der Waals surface area contributed by atoms with Crippen LogP contribution in [0, 0.1) is 0 Å². The Balaban J connectivity index is 0. The smallest absolute Gasteiger partial charge is 0.0199 e. The lowest BCUT2D eigenvalue weighted by Crippen LogP contribution is -2.15. The van der Waals surface area contributed by atoms with E-state index in [2.05, 4.69) is 123 Å². The lowest BCUT2D eigenvalue weighted by Gasteiger charge is -2.30. The topological polar surface area (TPSA) is 0 Å². The number of hydrogen-bond donors (Lipinski definition) is 0. The zero-order valence-electron chi connectivity index (χ0n) is 23.8.